The molecule has 3 nitrogen and oxygen atoms in total. The lowest BCUT2D eigenvalue weighted by molar-refractivity contribution is 0.0565. The number of piperidine rings is 1. The van der Waals surface area contributed by atoms with Crippen LogP contribution in [0.1, 0.15) is 12.0 Å². The summed E-state index contributed by atoms with van der Waals surface area (Å²) in [7, 11) is 0. The Balaban J connectivity index is 1.94. The molecule has 2 atom stereocenters. The number of aliphatic hydroxyl groups is 1. The van der Waals surface area contributed by atoms with Gasteiger partial charge in [0.1, 0.15) is 0 Å². The summed E-state index contributed by atoms with van der Waals surface area (Å²) in [5.74, 6) is 0. The van der Waals surface area contributed by atoms with Gasteiger partial charge in [0.2, 0.25) is 0 Å². The van der Waals surface area contributed by atoms with Crippen LogP contribution in [-0.4, -0.2) is 35.2 Å². The molecule has 0 saturated carbocycles. The number of likely N-dealkylation sites (tertiary alicyclic amines) is 1. The van der Waals surface area contributed by atoms with Gasteiger partial charge in [-0.05, 0) is 12.0 Å². The highest BCUT2D eigenvalue weighted by Gasteiger charge is 2.22. The molecule has 3 N–H and O–H groups in total. The normalized spacial score (nSPS) is 27.9. The van der Waals surface area contributed by atoms with Gasteiger partial charge in [0.05, 0.1) is 6.10 Å². The van der Waals surface area contributed by atoms with Crippen molar-refractivity contribution in [1.82, 2.24) is 4.90 Å². The van der Waals surface area contributed by atoms with Gasteiger partial charge < -0.3 is 10.8 Å². The Bertz CT molecular complexity index is 292. The van der Waals surface area contributed by atoms with Gasteiger partial charge in [0.25, 0.3) is 0 Å². The van der Waals surface area contributed by atoms with Crippen LogP contribution < -0.4 is 5.73 Å². The molecule has 2 rings (SSSR count). The van der Waals surface area contributed by atoms with E-state index in [0.29, 0.717) is 0 Å². The molecule has 1 aromatic rings. The Morgan fingerprint density at radius 2 is 2.00 bits per heavy atom. The van der Waals surface area contributed by atoms with Gasteiger partial charge in [-0.15, -0.1) is 0 Å². The topological polar surface area (TPSA) is 49.5 Å². The van der Waals surface area contributed by atoms with Crippen molar-refractivity contribution in [3.8, 4) is 0 Å². The Hall–Kier alpha value is -0.900. The first-order chi connectivity index (χ1) is 7.24. The number of benzene rings is 1. The van der Waals surface area contributed by atoms with E-state index in [1.54, 1.807) is 0 Å². The van der Waals surface area contributed by atoms with Crippen molar-refractivity contribution in [2.75, 3.05) is 13.1 Å². The summed E-state index contributed by atoms with van der Waals surface area (Å²) in [5.41, 5.74) is 7.14. The fourth-order valence-electron chi connectivity index (χ4n) is 2.17. The molecule has 1 fully saturated rings. The lowest BCUT2D eigenvalue weighted by Crippen LogP contribution is -2.48. The molecule has 1 aromatic carbocycles. The summed E-state index contributed by atoms with van der Waals surface area (Å²) in [4.78, 5) is 2.22. The SMILES string of the molecule is N[C@H]1C[C@H](O)CN(Cc2ccccc2)C1. The highest BCUT2D eigenvalue weighted by atomic mass is 16.3. The van der Waals surface area contributed by atoms with Crippen LogP contribution in [0.15, 0.2) is 30.3 Å². The van der Waals surface area contributed by atoms with E-state index in [1.165, 1.54) is 5.56 Å². The van der Waals surface area contributed by atoms with E-state index in [0.717, 1.165) is 26.1 Å². The minimum Gasteiger partial charge on any atom is -0.392 e. The summed E-state index contributed by atoms with van der Waals surface area (Å²) < 4.78 is 0. The van der Waals surface area contributed by atoms with Gasteiger partial charge >= 0.3 is 0 Å². The van der Waals surface area contributed by atoms with Crippen molar-refractivity contribution in [3.63, 3.8) is 0 Å². The zero-order valence-electron chi connectivity index (χ0n) is 8.84. The molecule has 0 spiro atoms. The minimum absolute atomic E-state index is 0.109. The monoisotopic (exact) mass is 206 g/mol. The summed E-state index contributed by atoms with van der Waals surface area (Å²) in [6.45, 7) is 2.50. The molecule has 15 heavy (non-hydrogen) atoms. The molecule has 1 saturated heterocycles. The Labute approximate surface area is 90.5 Å². The maximum absolute atomic E-state index is 9.61. The van der Waals surface area contributed by atoms with Crippen LogP contribution in [0.25, 0.3) is 0 Å². The first kappa shape index (κ1) is 10.6. The Morgan fingerprint density at radius 3 is 2.67 bits per heavy atom. The van der Waals surface area contributed by atoms with Crippen molar-refractivity contribution < 1.29 is 5.11 Å². The zero-order valence-corrected chi connectivity index (χ0v) is 8.84. The highest BCUT2D eigenvalue weighted by molar-refractivity contribution is 5.14. The van der Waals surface area contributed by atoms with Crippen molar-refractivity contribution in [2.45, 2.75) is 25.1 Å². The average Bonchev–Trinajstić information content (AvgIpc) is 2.17. The largest absolute Gasteiger partial charge is 0.392 e. The smallest absolute Gasteiger partial charge is 0.0682 e. The van der Waals surface area contributed by atoms with Gasteiger partial charge in [-0.2, -0.15) is 0 Å². The number of nitrogens with zero attached hydrogens (tertiary/aromatic N) is 1. The summed E-state index contributed by atoms with van der Waals surface area (Å²) in [6.07, 6.45) is 0.461. The summed E-state index contributed by atoms with van der Waals surface area (Å²) in [5, 5.41) is 9.61. The molecular formula is C12H18N2O. The first-order valence-electron chi connectivity index (χ1n) is 5.44. The molecule has 0 aliphatic carbocycles. The molecule has 1 heterocycles. The molecule has 0 radical (unpaired) electrons. The van der Waals surface area contributed by atoms with Crippen LogP contribution in [0.5, 0.6) is 0 Å². The maximum Gasteiger partial charge on any atom is 0.0682 e. The predicted molar refractivity (Wildman–Crippen MR) is 60.3 cm³/mol. The molecule has 3 heteroatoms. The highest BCUT2D eigenvalue weighted by Crippen LogP contribution is 2.12. The van der Waals surface area contributed by atoms with E-state index in [4.69, 9.17) is 5.73 Å². The van der Waals surface area contributed by atoms with E-state index < -0.39 is 0 Å². The molecule has 1 aliphatic heterocycles. The fraction of sp³-hybridized carbons (Fsp3) is 0.500. The van der Waals surface area contributed by atoms with Crippen LogP contribution in [-0.2, 0) is 6.54 Å². The Kier molecular flexibility index (Phi) is 3.36. The molecule has 0 unspecified atom stereocenters. The van der Waals surface area contributed by atoms with E-state index in [1.807, 2.05) is 18.2 Å². The average molecular weight is 206 g/mol. The third-order valence-corrected chi connectivity index (χ3v) is 2.79. The minimum atomic E-state index is -0.266. The van der Waals surface area contributed by atoms with Crippen LogP contribution in [0, 0.1) is 0 Å². The van der Waals surface area contributed by atoms with E-state index in [-0.39, 0.29) is 12.1 Å². The van der Waals surface area contributed by atoms with Gasteiger partial charge in [-0.25, -0.2) is 0 Å². The molecule has 1 aliphatic rings. The van der Waals surface area contributed by atoms with Crippen LogP contribution in [0.2, 0.25) is 0 Å². The first-order valence-corrected chi connectivity index (χ1v) is 5.44. The van der Waals surface area contributed by atoms with E-state index >= 15 is 0 Å². The van der Waals surface area contributed by atoms with Crippen molar-refractivity contribution in [1.29, 1.82) is 0 Å². The third kappa shape index (κ3) is 3.02. The van der Waals surface area contributed by atoms with Gasteiger partial charge in [0.15, 0.2) is 0 Å². The van der Waals surface area contributed by atoms with Gasteiger partial charge in [-0.3, -0.25) is 4.90 Å². The molecule has 82 valence electrons. The fourth-order valence-corrected chi connectivity index (χ4v) is 2.17. The van der Waals surface area contributed by atoms with Crippen LogP contribution in [0.4, 0.5) is 0 Å². The molecular weight excluding hydrogens is 188 g/mol. The molecule has 0 aromatic heterocycles. The lowest BCUT2D eigenvalue weighted by Gasteiger charge is -2.33. The standard InChI is InChI=1S/C12H18N2O/c13-11-6-12(15)9-14(8-11)7-10-4-2-1-3-5-10/h1-5,11-12,15H,6-9,13H2/t11-,12-/m0/s1. The van der Waals surface area contributed by atoms with Crippen molar-refractivity contribution in [3.05, 3.63) is 35.9 Å². The zero-order chi connectivity index (χ0) is 10.7. The maximum atomic E-state index is 9.61. The predicted octanol–water partition coefficient (Wildman–Crippen LogP) is 0.580. The second-order valence-corrected chi connectivity index (χ2v) is 4.33. The van der Waals surface area contributed by atoms with Gasteiger partial charge in [0, 0.05) is 25.7 Å². The lowest BCUT2D eigenvalue weighted by atomic mass is 10.0. The number of hydrogen-bond acceptors (Lipinski definition) is 3. The second-order valence-electron chi connectivity index (χ2n) is 4.33. The summed E-state index contributed by atoms with van der Waals surface area (Å²) >= 11 is 0. The summed E-state index contributed by atoms with van der Waals surface area (Å²) in [6, 6.07) is 10.4. The van der Waals surface area contributed by atoms with Crippen LogP contribution in [0.3, 0.4) is 0 Å². The van der Waals surface area contributed by atoms with Crippen molar-refractivity contribution in [2.24, 2.45) is 5.73 Å². The number of hydrogen-bond donors (Lipinski definition) is 2. The molecule has 0 bridgehead atoms. The third-order valence-electron chi connectivity index (χ3n) is 2.79. The van der Waals surface area contributed by atoms with E-state index in [2.05, 4.69) is 17.0 Å². The number of aliphatic hydroxyl groups excluding tert-OH is 1. The quantitative estimate of drug-likeness (QED) is 0.744. The molecule has 0 amide bonds. The van der Waals surface area contributed by atoms with E-state index in [9.17, 15) is 5.11 Å². The number of rotatable bonds is 2. The number of nitrogens with two attached hydrogens (primary N) is 1. The van der Waals surface area contributed by atoms with Crippen LogP contribution >= 0.6 is 0 Å². The Morgan fingerprint density at radius 1 is 1.27 bits per heavy atom. The van der Waals surface area contributed by atoms with Gasteiger partial charge in [-0.1, -0.05) is 30.3 Å². The number of β-amino-alcohol motifs (C(OH)–C–C–N with tert-alkyl or cyclic N) is 1. The van der Waals surface area contributed by atoms with Crippen molar-refractivity contribution >= 4 is 0 Å². The second kappa shape index (κ2) is 4.75.